The Balaban J connectivity index is 2.64. The molecule has 6 heteroatoms. The summed E-state index contributed by atoms with van der Waals surface area (Å²) in [6, 6.07) is -0.0368. The normalized spacial score (nSPS) is 22.7. The lowest BCUT2D eigenvalue weighted by Crippen LogP contribution is -2.39. The van der Waals surface area contributed by atoms with Gasteiger partial charge in [-0.3, -0.25) is 4.79 Å². The highest BCUT2D eigenvalue weighted by molar-refractivity contribution is 7.88. The van der Waals surface area contributed by atoms with E-state index in [1.54, 1.807) is 7.05 Å². The molecule has 0 saturated carbocycles. The Morgan fingerprint density at radius 1 is 1.60 bits per heavy atom. The molecule has 0 bridgehead atoms. The molecule has 1 aliphatic heterocycles. The standard InChI is InChI=1S/C9H16N2O3S/c1-4-9(12)10(2)8-5-6-11(7-8)15(3,13)14/h4,8H,1,5-7H2,2-3H3. The fraction of sp³-hybridized carbons (Fsp3) is 0.667. The molecule has 0 spiro atoms. The molecule has 1 fully saturated rings. The number of nitrogens with zero attached hydrogens (tertiary/aromatic N) is 2. The van der Waals surface area contributed by atoms with Gasteiger partial charge in [0.1, 0.15) is 0 Å². The number of hydrogen-bond acceptors (Lipinski definition) is 3. The van der Waals surface area contributed by atoms with E-state index in [1.807, 2.05) is 0 Å². The van der Waals surface area contributed by atoms with Crippen LogP contribution in [0.15, 0.2) is 12.7 Å². The van der Waals surface area contributed by atoms with Gasteiger partial charge in [0.25, 0.3) is 0 Å². The van der Waals surface area contributed by atoms with Gasteiger partial charge in [-0.2, -0.15) is 0 Å². The van der Waals surface area contributed by atoms with Crippen molar-refractivity contribution in [2.24, 2.45) is 0 Å². The van der Waals surface area contributed by atoms with Crippen molar-refractivity contribution in [3.05, 3.63) is 12.7 Å². The van der Waals surface area contributed by atoms with Crippen molar-refractivity contribution < 1.29 is 13.2 Å². The van der Waals surface area contributed by atoms with E-state index in [-0.39, 0.29) is 11.9 Å². The van der Waals surface area contributed by atoms with Crippen molar-refractivity contribution >= 4 is 15.9 Å². The van der Waals surface area contributed by atoms with Crippen LogP contribution in [-0.4, -0.2) is 56.0 Å². The zero-order valence-electron chi connectivity index (χ0n) is 9.01. The molecule has 0 radical (unpaired) electrons. The molecule has 1 unspecified atom stereocenters. The summed E-state index contributed by atoms with van der Waals surface area (Å²) in [6.07, 6.45) is 3.11. The van der Waals surface area contributed by atoms with Crippen molar-refractivity contribution in [1.29, 1.82) is 0 Å². The van der Waals surface area contributed by atoms with Gasteiger partial charge in [-0.05, 0) is 12.5 Å². The molecule has 5 nitrogen and oxygen atoms in total. The Bertz CT molecular complexity index is 364. The first-order chi connectivity index (χ1) is 6.86. The summed E-state index contributed by atoms with van der Waals surface area (Å²) >= 11 is 0. The summed E-state index contributed by atoms with van der Waals surface area (Å²) in [7, 11) is -1.46. The maximum atomic E-state index is 11.3. The average Bonchev–Trinajstić information content (AvgIpc) is 2.63. The van der Waals surface area contributed by atoms with Crippen molar-refractivity contribution in [2.45, 2.75) is 12.5 Å². The average molecular weight is 232 g/mol. The number of hydrogen-bond donors (Lipinski definition) is 0. The molecule has 1 rings (SSSR count). The molecule has 1 amide bonds. The lowest BCUT2D eigenvalue weighted by atomic mass is 10.2. The summed E-state index contributed by atoms with van der Waals surface area (Å²) in [4.78, 5) is 12.8. The topological polar surface area (TPSA) is 57.7 Å². The number of rotatable bonds is 3. The van der Waals surface area contributed by atoms with E-state index >= 15 is 0 Å². The second kappa shape index (κ2) is 4.32. The van der Waals surface area contributed by atoms with E-state index < -0.39 is 10.0 Å². The lowest BCUT2D eigenvalue weighted by molar-refractivity contribution is -0.126. The summed E-state index contributed by atoms with van der Waals surface area (Å²) in [6.45, 7) is 4.27. The lowest BCUT2D eigenvalue weighted by Gasteiger charge is -2.23. The van der Waals surface area contributed by atoms with Crippen LogP contribution in [0.2, 0.25) is 0 Å². The van der Waals surface area contributed by atoms with Crippen molar-refractivity contribution in [1.82, 2.24) is 9.21 Å². The van der Waals surface area contributed by atoms with Crippen LogP contribution in [-0.2, 0) is 14.8 Å². The molecule has 0 aromatic heterocycles. The second-order valence-corrected chi connectivity index (χ2v) is 5.70. The molecule has 0 aliphatic carbocycles. The summed E-state index contributed by atoms with van der Waals surface area (Å²) in [5.74, 6) is -0.171. The van der Waals surface area contributed by atoms with E-state index in [2.05, 4.69) is 6.58 Å². The SMILES string of the molecule is C=CC(=O)N(C)C1CCN(S(C)(=O)=O)C1. The summed E-state index contributed by atoms with van der Waals surface area (Å²) < 4.78 is 23.9. The molecule has 1 saturated heterocycles. The highest BCUT2D eigenvalue weighted by Crippen LogP contribution is 2.17. The van der Waals surface area contributed by atoms with E-state index in [0.29, 0.717) is 19.5 Å². The van der Waals surface area contributed by atoms with Crippen LogP contribution in [0.1, 0.15) is 6.42 Å². The molecule has 1 aliphatic rings. The fourth-order valence-corrected chi connectivity index (χ4v) is 2.53. The number of amides is 1. The van der Waals surface area contributed by atoms with Crippen LogP contribution >= 0.6 is 0 Å². The van der Waals surface area contributed by atoms with Gasteiger partial charge in [0, 0.05) is 26.2 Å². The Hall–Kier alpha value is -0.880. The molecule has 0 aromatic rings. The number of sulfonamides is 1. The Morgan fingerprint density at radius 2 is 2.20 bits per heavy atom. The fourth-order valence-electron chi connectivity index (χ4n) is 1.65. The highest BCUT2D eigenvalue weighted by Gasteiger charge is 2.31. The van der Waals surface area contributed by atoms with Gasteiger partial charge in [0.15, 0.2) is 0 Å². The minimum absolute atomic E-state index is 0.0368. The quantitative estimate of drug-likeness (QED) is 0.626. The number of carbonyl (C=O) groups is 1. The predicted molar refractivity (Wildman–Crippen MR) is 57.8 cm³/mol. The van der Waals surface area contributed by atoms with E-state index in [4.69, 9.17) is 0 Å². The van der Waals surface area contributed by atoms with Crippen LogP contribution in [0.3, 0.4) is 0 Å². The van der Waals surface area contributed by atoms with Gasteiger partial charge in [-0.25, -0.2) is 12.7 Å². The second-order valence-electron chi connectivity index (χ2n) is 3.72. The Labute approximate surface area is 90.4 Å². The minimum Gasteiger partial charge on any atom is -0.338 e. The van der Waals surface area contributed by atoms with Crippen LogP contribution in [0.5, 0.6) is 0 Å². The first-order valence-corrected chi connectivity index (χ1v) is 6.55. The number of likely N-dealkylation sites (N-methyl/N-ethyl adjacent to an activating group) is 1. The van der Waals surface area contributed by atoms with Gasteiger partial charge in [-0.15, -0.1) is 0 Å². The van der Waals surface area contributed by atoms with Crippen LogP contribution in [0, 0.1) is 0 Å². The van der Waals surface area contributed by atoms with Gasteiger partial charge < -0.3 is 4.90 Å². The molecule has 0 N–H and O–H groups in total. The van der Waals surface area contributed by atoms with E-state index in [1.165, 1.54) is 21.5 Å². The van der Waals surface area contributed by atoms with Gasteiger partial charge in [0.05, 0.1) is 6.26 Å². The third-order valence-electron chi connectivity index (χ3n) is 2.67. The third-order valence-corrected chi connectivity index (χ3v) is 3.93. The first-order valence-electron chi connectivity index (χ1n) is 4.70. The maximum Gasteiger partial charge on any atom is 0.245 e. The van der Waals surface area contributed by atoms with E-state index in [0.717, 1.165) is 0 Å². The van der Waals surface area contributed by atoms with Gasteiger partial charge in [-0.1, -0.05) is 6.58 Å². The van der Waals surface area contributed by atoms with E-state index in [9.17, 15) is 13.2 Å². The molecule has 15 heavy (non-hydrogen) atoms. The van der Waals surface area contributed by atoms with Crippen molar-refractivity contribution in [3.63, 3.8) is 0 Å². The third kappa shape index (κ3) is 2.79. The highest BCUT2D eigenvalue weighted by atomic mass is 32.2. The summed E-state index contributed by atoms with van der Waals surface area (Å²) in [5.41, 5.74) is 0. The van der Waals surface area contributed by atoms with Crippen LogP contribution < -0.4 is 0 Å². The first kappa shape index (κ1) is 12.2. The van der Waals surface area contributed by atoms with Crippen molar-refractivity contribution in [2.75, 3.05) is 26.4 Å². The monoisotopic (exact) mass is 232 g/mol. The molecule has 1 heterocycles. The summed E-state index contributed by atoms with van der Waals surface area (Å²) in [5, 5.41) is 0. The molecule has 1 atom stereocenters. The molecular weight excluding hydrogens is 216 g/mol. The minimum atomic E-state index is -3.13. The van der Waals surface area contributed by atoms with Gasteiger partial charge in [0.2, 0.25) is 15.9 Å². The zero-order valence-corrected chi connectivity index (χ0v) is 9.83. The predicted octanol–water partition coefficient (Wildman–Crippen LogP) is -0.335. The maximum absolute atomic E-state index is 11.3. The Morgan fingerprint density at radius 3 is 2.60 bits per heavy atom. The van der Waals surface area contributed by atoms with Crippen LogP contribution in [0.25, 0.3) is 0 Å². The van der Waals surface area contributed by atoms with Gasteiger partial charge >= 0.3 is 0 Å². The zero-order chi connectivity index (χ0) is 11.6. The smallest absolute Gasteiger partial charge is 0.245 e. The van der Waals surface area contributed by atoms with Crippen molar-refractivity contribution in [3.8, 4) is 0 Å². The molecule has 0 aromatic carbocycles. The largest absolute Gasteiger partial charge is 0.338 e. The van der Waals surface area contributed by atoms with Crippen LogP contribution in [0.4, 0.5) is 0 Å². The molecule has 86 valence electrons. The Kier molecular flexibility index (Phi) is 3.51. The number of carbonyl (C=O) groups excluding carboxylic acids is 1. The molecular formula is C9H16N2O3S.